The SMILES string of the molecule is CC(C)Oc1cc(F)ccc1-c1cnc2sc(N3CCC(C)(N)CC3)nn12. The van der Waals surface area contributed by atoms with E-state index in [-0.39, 0.29) is 17.5 Å². The van der Waals surface area contributed by atoms with Crippen LogP contribution in [0.3, 0.4) is 0 Å². The first-order chi connectivity index (χ1) is 12.8. The third kappa shape index (κ3) is 3.64. The third-order valence-electron chi connectivity index (χ3n) is 4.83. The summed E-state index contributed by atoms with van der Waals surface area (Å²) in [6.45, 7) is 7.71. The van der Waals surface area contributed by atoms with Gasteiger partial charge in [-0.3, -0.25) is 0 Å². The van der Waals surface area contributed by atoms with E-state index < -0.39 is 0 Å². The standard InChI is InChI=1S/C19H24FN5OS/c1-12(2)26-16-10-13(20)4-5-14(16)15-11-22-17-25(15)23-18(27-17)24-8-6-19(3,21)7-9-24/h4-5,10-12H,6-9,21H2,1-3H3. The molecule has 1 aliphatic heterocycles. The van der Waals surface area contributed by atoms with Crippen molar-refractivity contribution in [2.75, 3.05) is 18.0 Å². The first-order valence-electron chi connectivity index (χ1n) is 9.17. The second kappa shape index (κ2) is 6.76. The van der Waals surface area contributed by atoms with E-state index in [0.717, 1.165) is 47.3 Å². The van der Waals surface area contributed by atoms with Crippen LogP contribution in [-0.4, -0.2) is 39.3 Å². The first-order valence-corrected chi connectivity index (χ1v) is 9.99. The minimum Gasteiger partial charge on any atom is -0.490 e. The van der Waals surface area contributed by atoms with Crippen molar-refractivity contribution < 1.29 is 9.13 Å². The first kappa shape index (κ1) is 18.2. The summed E-state index contributed by atoms with van der Waals surface area (Å²) < 4.78 is 21.4. The highest BCUT2D eigenvalue weighted by molar-refractivity contribution is 7.20. The Kier molecular flexibility index (Phi) is 4.55. The van der Waals surface area contributed by atoms with Gasteiger partial charge in [-0.15, -0.1) is 5.10 Å². The maximum Gasteiger partial charge on any atom is 0.214 e. The molecule has 0 spiro atoms. The van der Waals surface area contributed by atoms with Gasteiger partial charge in [-0.25, -0.2) is 13.9 Å². The van der Waals surface area contributed by atoms with E-state index in [0.29, 0.717) is 5.75 Å². The van der Waals surface area contributed by atoms with Gasteiger partial charge in [0.1, 0.15) is 11.6 Å². The lowest BCUT2D eigenvalue weighted by atomic mass is 9.91. The predicted molar refractivity (Wildman–Crippen MR) is 106 cm³/mol. The number of rotatable bonds is 4. The second-order valence-corrected chi connectivity index (χ2v) is 8.61. The van der Waals surface area contributed by atoms with E-state index in [2.05, 4.69) is 16.8 Å². The molecule has 0 aliphatic carbocycles. The Labute approximate surface area is 161 Å². The molecule has 0 saturated carbocycles. The summed E-state index contributed by atoms with van der Waals surface area (Å²) in [7, 11) is 0. The van der Waals surface area contributed by atoms with Crippen LogP contribution < -0.4 is 15.4 Å². The molecular formula is C19H24FN5OS. The number of hydrogen-bond acceptors (Lipinski definition) is 6. The van der Waals surface area contributed by atoms with Crippen LogP contribution in [0.1, 0.15) is 33.6 Å². The van der Waals surface area contributed by atoms with Crippen LogP contribution in [0, 0.1) is 5.82 Å². The van der Waals surface area contributed by atoms with Crippen molar-refractivity contribution in [3.8, 4) is 17.0 Å². The maximum atomic E-state index is 13.7. The molecule has 4 rings (SSSR count). The molecule has 0 radical (unpaired) electrons. The van der Waals surface area contributed by atoms with Crippen molar-refractivity contribution in [2.24, 2.45) is 5.73 Å². The number of hydrogen-bond donors (Lipinski definition) is 1. The van der Waals surface area contributed by atoms with Crippen molar-refractivity contribution in [3.63, 3.8) is 0 Å². The number of ether oxygens (including phenoxy) is 1. The summed E-state index contributed by atoms with van der Waals surface area (Å²) in [5.41, 5.74) is 7.71. The number of imidazole rings is 1. The minimum absolute atomic E-state index is 0.0566. The molecule has 3 heterocycles. The number of halogens is 1. The summed E-state index contributed by atoms with van der Waals surface area (Å²) in [4.78, 5) is 7.56. The Morgan fingerprint density at radius 3 is 2.74 bits per heavy atom. The minimum atomic E-state index is -0.327. The van der Waals surface area contributed by atoms with Crippen molar-refractivity contribution in [1.29, 1.82) is 0 Å². The molecule has 1 saturated heterocycles. The van der Waals surface area contributed by atoms with Gasteiger partial charge in [-0.2, -0.15) is 0 Å². The maximum absolute atomic E-state index is 13.7. The van der Waals surface area contributed by atoms with Crippen LogP contribution in [0.2, 0.25) is 0 Å². The second-order valence-electron chi connectivity index (χ2n) is 7.67. The van der Waals surface area contributed by atoms with Crippen molar-refractivity contribution in [3.05, 3.63) is 30.2 Å². The Hall–Kier alpha value is -2.19. The average molecular weight is 390 g/mol. The molecule has 1 aliphatic rings. The van der Waals surface area contributed by atoms with Crippen LogP contribution in [0.15, 0.2) is 24.4 Å². The molecule has 8 heteroatoms. The van der Waals surface area contributed by atoms with Gasteiger partial charge in [0.05, 0.1) is 18.0 Å². The molecule has 0 bridgehead atoms. The van der Waals surface area contributed by atoms with Gasteiger partial charge in [0.2, 0.25) is 10.1 Å². The van der Waals surface area contributed by atoms with E-state index in [9.17, 15) is 4.39 Å². The number of nitrogens with two attached hydrogens (primary N) is 1. The molecule has 27 heavy (non-hydrogen) atoms. The van der Waals surface area contributed by atoms with Gasteiger partial charge in [-0.05, 0) is 45.7 Å². The van der Waals surface area contributed by atoms with E-state index in [1.54, 1.807) is 23.6 Å². The lowest BCUT2D eigenvalue weighted by molar-refractivity contribution is 0.242. The number of aromatic nitrogens is 3. The number of nitrogens with zero attached hydrogens (tertiary/aromatic N) is 4. The summed E-state index contributed by atoms with van der Waals surface area (Å²) in [6.07, 6.45) is 3.58. The summed E-state index contributed by atoms with van der Waals surface area (Å²) in [5.74, 6) is 0.172. The summed E-state index contributed by atoms with van der Waals surface area (Å²) in [6, 6.07) is 4.56. The summed E-state index contributed by atoms with van der Waals surface area (Å²) >= 11 is 1.55. The van der Waals surface area contributed by atoms with E-state index in [1.807, 2.05) is 18.4 Å². The Morgan fingerprint density at radius 2 is 2.04 bits per heavy atom. The highest BCUT2D eigenvalue weighted by Crippen LogP contribution is 2.35. The zero-order valence-corrected chi connectivity index (χ0v) is 16.6. The molecule has 0 unspecified atom stereocenters. The molecule has 2 aromatic heterocycles. The Balaban J connectivity index is 1.69. The van der Waals surface area contributed by atoms with Gasteiger partial charge in [0.25, 0.3) is 0 Å². The lowest BCUT2D eigenvalue weighted by Crippen LogP contribution is -2.48. The van der Waals surface area contributed by atoms with Crippen LogP contribution in [0.5, 0.6) is 5.75 Å². The molecule has 144 valence electrons. The van der Waals surface area contributed by atoms with Crippen LogP contribution in [0.25, 0.3) is 16.2 Å². The highest BCUT2D eigenvalue weighted by Gasteiger charge is 2.28. The van der Waals surface area contributed by atoms with Crippen molar-refractivity contribution in [2.45, 2.75) is 45.3 Å². The van der Waals surface area contributed by atoms with Gasteiger partial charge >= 0.3 is 0 Å². The zero-order valence-electron chi connectivity index (χ0n) is 15.8. The summed E-state index contributed by atoms with van der Waals surface area (Å²) in [5, 5.41) is 5.71. The van der Waals surface area contributed by atoms with Gasteiger partial charge in [0.15, 0.2) is 0 Å². The number of benzene rings is 1. The number of piperidine rings is 1. The molecular weight excluding hydrogens is 365 g/mol. The molecule has 0 atom stereocenters. The van der Waals surface area contributed by atoms with Gasteiger partial charge in [0, 0.05) is 30.3 Å². The third-order valence-corrected chi connectivity index (χ3v) is 5.82. The fourth-order valence-electron chi connectivity index (χ4n) is 3.26. The Morgan fingerprint density at radius 1 is 1.30 bits per heavy atom. The zero-order chi connectivity index (χ0) is 19.2. The fourth-order valence-corrected chi connectivity index (χ4v) is 4.19. The van der Waals surface area contributed by atoms with E-state index in [1.165, 1.54) is 12.1 Å². The molecule has 3 aromatic rings. The Bertz CT molecular complexity index is 954. The molecule has 0 amide bonds. The monoisotopic (exact) mass is 389 g/mol. The van der Waals surface area contributed by atoms with Crippen molar-refractivity contribution >= 4 is 21.4 Å². The average Bonchev–Trinajstić information content (AvgIpc) is 3.15. The van der Waals surface area contributed by atoms with Crippen LogP contribution in [0.4, 0.5) is 9.52 Å². The molecule has 1 fully saturated rings. The quantitative estimate of drug-likeness (QED) is 0.737. The molecule has 1 aromatic carbocycles. The molecule has 6 nitrogen and oxygen atoms in total. The normalized spacial score (nSPS) is 17.0. The highest BCUT2D eigenvalue weighted by atomic mass is 32.1. The van der Waals surface area contributed by atoms with Crippen LogP contribution in [-0.2, 0) is 0 Å². The van der Waals surface area contributed by atoms with E-state index >= 15 is 0 Å². The topological polar surface area (TPSA) is 68.7 Å². The largest absolute Gasteiger partial charge is 0.490 e. The predicted octanol–water partition coefficient (Wildman–Crippen LogP) is 3.70. The van der Waals surface area contributed by atoms with Crippen LogP contribution >= 0.6 is 11.3 Å². The fraction of sp³-hybridized carbons (Fsp3) is 0.474. The van der Waals surface area contributed by atoms with Gasteiger partial charge < -0.3 is 15.4 Å². The number of fused-ring (bicyclic) bond motifs is 1. The van der Waals surface area contributed by atoms with E-state index in [4.69, 9.17) is 15.6 Å². The smallest absolute Gasteiger partial charge is 0.214 e. The van der Waals surface area contributed by atoms with Gasteiger partial charge in [-0.1, -0.05) is 11.3 Å². The molecule has 2 N–H and O–H groups in total. The van der Waals surface area contributed by atoms with Crippen molar-refractivity contribution in [1.82, 2.24) is 14.6 Å². The lowest BCUT2D eigenvalue weighted by Gasteiger charge is -2.36. The number of anilines is 1.